The number of nitrogens with one attached hydrogen (secondary N) is 3. The van der Waals surface area contributed by atoms with Crippen LogP contribution in [0, 0.1) is 5.92 Å². The SMILES string of the molecule is CC1CCC2(CC1)NC(=O)N(NC(=O)COc1ccc(Cl)cc1C(=O)Nc1ccccc1)C2=O. The Labute approximate surface area is 201 Å². The van der Waals surface area contributed by atoms with Crippen molar-refractivity contribution in [1.29, 1.82) is 0 Å². The first-order valence-electron chi connectivity index (χ1n) is 11.0. The van der Waals surface area contributed by atoms with E-state index in [1.165, 1.54) is 18.2 Å². The Morgan fingerprint density at radius 3 is 2.56 bits per heavy atom. The first-order valence-corrected chi connectivity index (χ1v) is 11.4. The van der Waals surface area contributed by atoms with Crippen LogP contribution in [0.15, 0.2) is 48.5 Å². The van der Waals surface area contributed by atoms with Gasteiger partial charge in [-0.25, -0.2) is 4.79 Å². The molecule has 0 aromatic heterocycles. The Hall–Kier alpha value is -3.59. The van der Waals surface area contributed by atoms with Crippen LogP contribution in [0.4, 0.5) is 10.5 Å². The number of imide groups is 1. The second-order valence-corrected chi connectivity index (χ2v) is 9.06. The predicted octanol–water partition coefficient (Wildman–Crippen LogP) is 3.50. The highest BCUT2D eigenvalue weighted by Gasteiger charge is 2.52. The van der Waals surface area contributed by atoms with Gasteiger partial charge in [0.25, 0.3) is 17.7 Å². The van der Waals surface area contributed by atoms with Crippen LogP contribution in [0.25, 0.3) is 0 Å². The average molecular weight is 485 g/mol. The maximum absolute atomic E-state index is 12.9. The largest absolute Gasteiger partial charge is 0.483 e. The van der Waals surface area contributed by atoms with Gasteiger partial charge >= 0.3 is 6.03 Å². The highest BCUT2D eigenvalue weighted by molar-refractivity contribution is 6.31. The molecule has 2 fully saturated rings. The van der Waals surface area contributed by atoms with Gasteiger partial charge in [0.2, 0.25) is 0 Å². The van der Waals surface area contributed by atoms with Gasteiger partial charge in [0.05, 0.1) is 5.56 Å². The summed E-state index contributed by atoms with van der Waals surface area (Å²) in [7, 11) is 0. The molecule has 2 aliphatic rings. The number of benzene rings is 2. The molecule has 0 atom stereocenters. The molecule has 3 N–H and O–H groups in total. The first kappa shape index (κ1) is 23.6. The standard InChI is InChI=1S/C24H25ClN4O5/c1-15-9-11-24(12-10-15)22(32)29(23(33)27-24)28-20(30)14-34-19-8-7-16(25)13-18(19)21(31)26-17-5-3-2-4-6-17/h2-8,13,15H,9-12,14H2,1H3,(H,26,31)(H,27,33)(H,28,30). The lowest BCUT2D eigenvalue weighted by molar-refractivity contribution is -0.140. The van der Waals surface area contributed by atoms with E-state index in [9.17, 15) is 19.2 Å². The molecule has 1 aliphatic heterocycles. The minimum Gasteiger partial charge on any atom is -0.483 e. The molecule has 34 heavy (non-hydrogen) atoms. The van der Waals surface area contributed by atoms with Gasteiger partial charge in [0.15, 0.2) is 6.61 Å². The van der Waals surface area contributed by atoms with E-state index in [-0.39, 0.29) is 11.3 Å². The quantitative estimate of drug-likeness (QED) is 0.542. The van der Waals surface area contributed by atoms with Gasteiger partial charge in [-0.2, -0.15) is 5.01 Å². The second-order valence-electron chi connectivity index (χ2n) is 8.62. The van der Waals surface area contributed by atoms with E-state index in [2.05, 4.69) is 23.0 Å². The topological polar surface area (TPSA) is 117 Å². The Kier molecular flexibility index (Phi) is 6.74. The molecular weight excluding hydrogens is 460 g/mol. The summed E-state index contributed by atoms with van der Waals surface area (Å²) in [6.07, 6.45) is 2.71. The molecular formula is C24H25ClN4O5. The summed E-state index contributed by atoms with van der Waals surface area (Å²) in [5.41, 5.74) is 2.07. The van der Waals surface area contributed by atoms with Crippen LogP contribution in [0.1, 0.15) is 43.0 Å². The lowest BCUT2D eigenvalue weighted by atomic mass is 9.77. The van der Waals surface area contributed by atoms with Crippen LogP contribution in [0.2, 0.25) is 5.02 Å². The van der Waals surface area contributed by atoms with Crippen molar-refractivity contribution in [2.45, 2.75) is 38.1 Å². The molecule has 2 aromatic carbocycles. The normalized spacial score (nSPS) is 21.8. The number of halogens is 1. The van der Waals surface area contributed by atoms with Crippen LogP contribution >= 0.6 is 11.6 Å². The number of hydrazine groups is 1. The number of anilines is 1. The fraction of sp³-hybridized carbons (Fsp3) is 0.333. The van der Waals surface area contributed by atoms with Gasteiger partial charge in [-0.05, 0) is 61.9 Å². The van der Waals surface area contributed by atoms with Gasteiger partial charge < -0.3 is 15.4 Å². The minimum absolute atomic E-state index is 0.128. The molecule has 2 aromatic rings. The lowest BCUT2D eigenvalue weighted by Crippen LogP contribution is -2.52. The van der Waals surface area contributed by atoms with E-state index >= 15 is 0 Å². The minimum atomic E-state index is -0.962. The molecule has 0 radical (unpaired) electrons. The number of ether oxygens (including phenoxy) is 1. The molecule has 10 heteroatoms. The van der Waals surface area contributed by atoms with Gasteiger partial charge in [-0.3, -0.25) is 19.8 Å². The molecule has 4 rings (SSSR count). The van der Waals surface area contributed by atoms with Gasteiger partial charge in [0.1, 0.15) is 11.3 Å². The number of para-hydroxylation sites is 1. The number of urea groups is 1. The zero-order valence-electron chi connectivity index (χ0n) is 18.6. The van der Waals surface area contributed by atoms with Crippen molar-refractivity contribution in [3.63, 3.8) is 0 Å². The Morgan fingerprint density at radius 1 is 1.15 bits per heavy atom. The third kappa shape index (κ3) is 4.99. The third-order valence-electron chi connectivity index (χ3n) is 6.10. The van der Waals surface area contributed by atoms with E-state index in [0.29, 0.717) is 34.5 Å². The average Bonchev–Trinajstić information content (AvgIpc) is 3.05. The molecule has 5 amide bonds. The summed E-state index contributed by atoms with van der Waals surface area (Å²) < 4.78 is 5.54. The van der Waals surface area contributed by atoms with Gasteiger partial charge in [0, 0.05) is 10.7 Å². The number of carbonyl (C=O) groups excluding carboxylic acids is 4. The molecule has 178 valence electrons. The summed E-state index contributed by atoms with van der Waals surface area (Å²) in [5, 5.41) is 6.51. The van der Waals surface area contributed by atoms with Crippen molar-refractivity contribution in [1.82, 2.24) is 15.8 Å². The number of nitrogens with zero attached hydrogens (tertiary/aromatic N) is 1. The summed E-state index contributed by atoms with van der Waals surface area (Å²) in [6, 6.07) is 12.6. The van der Waals surface area contributed by atoms with E-state index < -0.39 is 35.9 Å². The van der Waals surface area contributed by atoms with E-state index in [4.69, 9.17) is 16.3 Å². The van der Waals surface area contributed by atoms with Crippen LogP contribution in [0.3, 0.4) is 0 Å². The number of hydrogen-bond donors (Lipinski definition) is 3. The predicted molar refractivity (Wildman–Crippen MR) is 125 cm³/mol. The Bertz CT molecular complexity index is 1120. The van der Waals surface area contributed by atoms with Crippen LogP contribution in [-0.4, -0.2) is 40.9 Å². The van der Waals surface area contributed by atoms with Crippen molar-refractivity contribution in [3.8, 4) is 5.75 Å². The van der Waals surface area contributed by atoms with Crippen LogP contribution in [-0.2, 0) is 9.59 Å². The highest BCUT2D eigenvalue weighted by atomic mass is 35.5. The molecule has 1 spiro atoms. The van der Waals surface area contributed by atoms with E-state index in [1.807, 2.05) is 6.07 Å². The smallest absolute Gasteiger partial charge is 0.344 e. The Balaban J connectivity index is 1.39. The van der Waals surface area contributed by atoms with E-state index in [1.54, 1.807) is 24.3 Å². The van der Waals surface area contributed by atoms with Crippen molar-refractivity contribution in [2.75, 3.05) is 11.9 Å². The van der Waals surface area contributed by atoms with E-state index in [0.717, 1.165) is 12.8 Å². The molecule has 0 bridgehead atoms. The maximum Gasteiger partial charge on any atom is 0.344 e. The zero-order chi connectivity index (χ0) is 24.3. The fourth-order valence-electron chi connectivity index (χ4n) is 4.14. The summed E-state index contributed by atoms with van der Waals surface area (Å²) in [4.78, 5) is 50.5. The number of carbonyl (C=O) groups is 4. The summed E-state index contributed by atoms with van der Waals surface area (Å²) in [6.45, 7) is 1.59. The summed E-state index contributed by atoms with van der Waals surface area (Å²) >= 11 is 6.05. The second kappa shape index (κ2) is 9.72. The van der Waals surface area contributed by atoms with Crippen molar-refractivity contribution in [2.24, 2.45) is 5.92 Å². The fourth-order valence-corrected chi connectivity index (χ4v) is 4.31. The number of rotatable bonds is 6. The Morgan fingerprint density at radius 2 is 1.85 bits per heavy atom. The van der Waals surface area contributed by atoms with Crippen molar-refractivity contribution in [3.05, 3.63) is 59.1 Å². The number of hydrogen-bond acceptors (Lipinski definition) is 5. The molecule has 1 saturated heterocycles. The van der Waals surface area contributed by atoms with Crippen molar-refractivity contribution >= 4 is 41.0 Å². The monoisotopic (exact) mass is 484 g/mol. The molecule has 1 saturated carbocycles. The maximum atomic E-state index is 12.9. The lowest BCUT2D eigenvalue weighted by Gasteiger charge is -2.33. The first-order chi connectivity index (χ1) is 16.3. The van der Waals surface area contributed by atoms with Gasteiger partial charge in [-0.1, -0.05) is 36.7 Å². The van der Waals surface area contributed by atoms with Gasteiger partial charge in [-0.15, -0.1) is 0 Å². The van der Waals surface area contributed by atoms with Crippen molar-refractivity contribution < 1.29 is 23.9 Å². The summed E-state index contributed by atoms with van der Waals surface area (Å²) in [5.74, 6) is -1.03. The molecule has 0 unspecified atom stereocenters. The molecule has 1 heterocycles. The molecule has 9 nitrogen and oxygen atoms in total. The number of amides is 5. The zero-order valence-corrected chi connectivity index (χ0v) is 19.4. The highest BCUT2D eigenvalue weighted by Crippen LogP contribution is 2.35. The third-order valence-corrected chi connectivity index (χ3v) is 6.34. The van der Waals surface area contributed by atoms with Crippen LogP contribution in [0.5, 0.6) is 5.75 Å². The molecule has 1 aliphatic carbocycles. The van der Waals surface area contributed by atoms with Crippen LogP contribution < -0.4 is 20.8 Å².